The lowest BCUT2D eigenvalue weighted by Crippen LogP contribution is -2.59. The highest BCUT2D eigenvalue weighted by molar-refractivity contribution is 5.99. The summed E-state index contributed by atoms with van der Waals surface area (Å²) in [5.74, 6) is -1.99. The van der Waals surface area contributed by atoms with Crippen molar-refractivity contribution in [3.63, 3.8) is 0 Å². The van der Waals surface area contributed by atoms with Gasteiger partial charge in [0.2, 0.25) is 17.7 Å². The topological polar surface area (TPSA) is 145 Å². The predicted molar refractivity (Wildman–Crippen MR) is 132 cm³/mol. The number of carbonyl (C=O) groups is 5. The number of hydrogen-bond acceptors (Lipinski definition) is 6. The van der Waals surface area contributed by atoms with Crippen LogP contribution < -0.4 is 16.0 Å². The van der Waals surface area contributed by atoms with Gasteiger partial charge in [-0.3, -0.25) is 24.0 Å². The number of amides is 4. The summed E-state index contributed by atoms with van der Waals surface area (Å²) < 4.78 is 0. The van der Waals surface area contributed by atoms with Gasteiger partial charge in [-0.15, -0.1) is 0 Å². The number of rotatable bonds is 8. The Bertz CT molecular complexity index is 1090. The molecule has 10 nitrogen and oxygen atoms in total. The van der Waals surface area contributed by atoms with Gasteiger partial charge in [-0.2, -0.15) is 0 Å². The molecule has 5 rings (SSSR count). The first-order chi connectivity index (χ1) is 17.8. The van der Waals surface area contributed by atoms with Gasteiger partial charge in [0.25, 0.3) is 5.91 Å². The lowest BCUT2D eigenvalue weighted by molar-refractivity contribution is -0.146. The maximum absolute atomic E-state index is 14.2. The summed E-state index contributed by atoms with van der Waals surface area (Å²) in [4.78, 5) is 66.6. The number of nitrogens with one attached hydrogen (secondary N) is 3. The van der Waals surface area contributed by atoms with Crippen LogP contribution in [-0.4, -0.2) is 71.2 Å². The Morgan fingerprint density at radius 3 is 2.57 bits per heavy atom. The number of Topliss-reactive ketones (excluding diaryl/α,β-unsaturated/α-hetero) is 1. The van der Waals surface area contributed by atoms with Gasteiger partial charge in [0.1, 0.15) is 18.2 Å². The second-order valence-corrected chi connectivity index (χ2v) is 10.8. The molecule has 198 valence electrons. The molecular formula is C27H34N4O6. The largest absolute Gasteiger partial charge is 0.389 e. The van der Waals surface area contributed by atoms with E-state index in [1.165, 1.54) is 0 Å². The summed E-state index contributed by atoms with van der Waals surface area (Å²) in [6.07, 6.45) is 3.84. The number of aliphatic hydroxyl groups excluding tert-OH is 1. The Hall–Kier alpha value is -3.27. The molecule has 4 fully saturated rings. The molecule has 37 heavy (non-hydrogen) atoms. The molecule has 4 amide bonds. The number of ketones is 1. The zero-order chi connectivity index (χ0) is 26.2. The molecule has 6 atom stereocenters. The van der Waals surface area contributed by atoms with Crippen molar-refractivity contribution in [1.82, 2.24) is 20.9 Å². The smallest absolute Gasteiger partial charge is 0.253 e. The third-order valence-corrected chi connectivity index (χ3v) is 8.68. The highest BCUT2D eigenvalue weighted by Crippen LogP contribution is 2.45. The van der Waals surface area contributed by atoms with Crippen LogP contribution in [0.1, 0.15) is 50.5 Å². The molecule has 0 radical (unpaired) electrons. The van der Waals surface area contributed by atoms with E-state index in [-0.39, 0.29) is 42.4 Å². The third kappa shape index (κ3) is 4.63. The van der Waals surface area contributed by atoms with Crippen LogP contribution in [0.15, 0.2) is 30.3 Å². The summed E-state index contributed by atoms with van der Waals surface area (Å²) in [6, 6.07) is 7.32. The maximum atomic E-state index is 14.2. The van der Waals surface area contributed by atoms with Gasteiger partial charge in [0.15, 0.2) is 5.78 Å². The Labute approximate surface area is 215 Å². The van der Waals surface area contributed by atoms with Crippen molar-refractivity contribution in [2.75, 3.05) is 19.7 Å². The second kappa shape index (κ2) is 10.2. The minimum absolute atomic E-state index is 0.0477. The normalized spacial score (nSPS) is 31.5. The summed E-state index contributed by atoms with van der Waals surface area (Å²) in [5.41, 5.74) is -0.555. The first kappa shape index (κ1) is 25.4. The minimum atomic E-state index is -1.24. The number of benzene rings is 1. The molecular weight excluding hydrogens is 476 g/mol. The summed E-state index contributed by atoms with van der Waals surface area (Å²) in [6.45, 7) is 0.177. The summed E-state index contributed by atoms with van der Waals surface area (Å²) in [5, 5.41) is 18.0. The number of likely N-dealkylation sites (tertiary alicyclic amines) is 1. The number of fused-ring (bicyclic) bond motifs is 1. The van der Waals surface area contributed by atoms with E-state index in [1.807, 2.05) is 30.3 Å². The molecule has 3 heterocycles. The second-order valence-electron chi connectivity index (χ2n) is 10.8. The SMILES string of the molecule is O=C1CC[C@](C(=O)N2C[C@H]3CCC[C@H]3[C@@H]2C(=O)N[C@@H](C[C@H]2CCNC2=O)C(=O)CO)(c2ccccc2)N1. The Morgan fingerprint density at radius 1 is 1.14 bits per heavy atom. The van der Waals surface area contributed by atoms with Crippen LogP contribution in [0.3, 0.4) is 0 Å². The number of hydrogen-bond donors (Lipinski definition) is 4. The Balaban J connectivity index is 1.42. The van der Waals surface area contributed by atoms with Gasteiger partial charge in [0.05, 0.1) is 6.04 Å². The van der Waals surface area contributed by atoms with Crippen LogP contribution in [-0.2, 0) is 29.5 Å². The monoisotopic (exact) mass is 510 g/mol. The maximum Gasteiger partial charge on any atom is 0.253 e. The third-order valence-electron chi connectivity index (χ3n) is 8.68. The summed E-state index contributed by atoms with van der Waals surface area (Å²) >= 11 is 0. The molecule has 1 aromatic carbocycles. The van der Waals surface area contributed by atoms with Crippen LogP contribution in [0.25, 0.3) is 0 Å². The molecule has 4 N–H and O–H groups in total. The lowest BCUT2D eigenvalue weighted by Gasteiger charge is -2.36. The van der Waals surface area contributed by atoms with Gasteiger partial charge in [-0.25, -0.2) is 0 Å². The van der Waals surface area contributed by atoms with Crippen molar-refractivity contribution in [2.24, 2.45) is 17.8 Å². The molecule has 1 aromatic rings. The Kier molecular flexibility index (Phi) is 7.02. The zero-order valence-corrected chi connectivity index (χ0v) is 20.8. The first-order valence-corrected chi connectivity index (χ1v) is 13.2. The van der Waals surface area contributed by atoms with Crippen LogP contribution in [0.5, 0.6) is 0 Å². The van der Waals surface area contributed by atoms with Gasteiger partial charge in [-0.1, -0.05) is 36.8 Å². The fourth-order valence-electron chi connectivity index (χ4n) is 6.78. The van der Waals surface area contributed by atoms with Crippen LogP contribution in [0, 0.1) is 17.8 Å². The highest BCUT2D eigenvalue weighted by Gasteiger charge is 2.56. The molecule has 3 saturated heterocycles. The van der Waals surface area contributed by atoms with Crippen molar-refractivity contribution >= 4 is 29.4 Å². The van der Waals surface area contributed by atoms with E-state index in [0.29, 0.717) is 31.5 Å². The van der Waals surface area contributed by atoms with Crippen molar-refractivity contribution in [3.8, 4) is 0 Å². The fourth-order valence-corrected chi connectivity index (χ4v) is 6.78. The standard InChI is InChI=1S/C27H34N4O6/c32-15-21(33)20(13-16-10-12-28-24(16)35)29-25(36)23-19-8-4-5-17(19)14-31(23)26(37)27(11-9-22(34)30-27)18-6-2-1-3-7-18/h1-3,6-7,16-17,19-20,23,32H,4-5,8-15H2,(H,28,35)(H,29,36)(H,30,34)/t16-,17-,19-,20+,23-,27-/m1/s1. The molecule has 3 aliphatic heterocycles. The van der Waals surface area contributed by atoms with E-state index in [9.17, 15) is 29.1 Å². The fraction of sp³-hybridized carbons (Fsp3) is 0.593. The molecule has 0 unspecified atom stereocenters. The minimum Gasteiger partial charge on any atom is -0.389 e. The number of aliphatic hydroxyl groups is 1. The molecule has 1 aliphatic carbocycles. The average Bonchev–Trinajstić information content (AvgIpc) is 3.68. The van der Waals surface area contributed by atoms with Crippen molar-refractivity contribution in [2.45, 2.75) is 62.6 Å². The Morgan fingerprint density at radius 2 is 1.92 bits per heavy atom. The zero-order valence-electron chi connectivity index (χ0n) is 20.8. The lowest BCUT2D eigenvalue weighted by atomic mass is 9.86. The predicted octanol–water partition coefficient (Wildman–Crippen LogP) is -0.00860. The average molecular weight is 511 g/mol. The molecule has 0 spiro atoms. The molecule has 0 aromatic heterocycles. The van der Waals surface area contributed by atoms with Gasteiger partial charge in [0, 0.05) is 25.4 Å². The molecule has 1 saturated carbocycles. The molecule has 4 aliphatic rings. The van der Waals surface area contributed by atoms with E-state index < -0.39 is 41.8 Å². The van der Waals surface area contributed by atoms with Crippen molar-refractivity contribution in [3.05, 3.63) is 35.9 Å². The van der Waals surface area contributed by atoms with Gasteiger partial charge in [-0.05, 0) is 49.5 Å². The van der Waals surface area contributed by atoms with Gasteiger partial charge < -0.3 is 26.0 Å². The van der Waals surface area contributed by atoms with E-state index >= 15 is 0 Å². The van der Waals surface area contributed by atoms with Crippen molar-refractivity contribution in [1.29, 1.82) is 0 Å². The van der Waals surface area contributed by atoms with Crippen LogP contribution in [0.4, 0.5) is 0 Å². The van der Waals surface area contributed by atoms with E-state index in [4.69, 9.17) is 0 Å². The van der Waals surface area contributed by atoms with E-state index in [2.05, 4.69) is 16.0 Å². The van der Waals surface area contributed by atoms with Crippen LogP contribution >= 0.6 is 0 Å². The first-order valence-electron chi connectivity index (χ1n) is 13.2. The molecule has 10 heteroatoms. The summed E-state index contributed by atoms with van der Waals surface area (Å²) in [7, 11) is 0. The van der Waals surface area contributed by atoms with Crippen LogP contribution in [0.2, 0.25) is 0 Å². The quantitative estimate of drug-likeness (QED) is 0.387. The van der Waals surface area contributed by atoms with E-state index in [0.717, 1.165) is 19.3 Å². The van der Waals surface area contributed by atoms with Crippen molar-refractivity contribution < 1.29 is 29.1 Å². The number of nitrogens with zero attached hydrogens (tertiary/aromatic N) is 1. The highest BCUT2D eigenvalue weighted by atomic mass is 16.3. The van der Waals surface area contributed by atoms with E-state index in [1.54, 1.807) is 4.90 Å². The van der Waals surface area contributed by atoms with Gasteiger partial charge >= 0.3 is 0 Å². The number of carbonyl (C=O) groups excluding carboxylic acids is 5. The molecule has 0 bridgehead atoms.